The van der Waals surface area contributed by atoms with Gasteiger partial charge in [-0.3, -0.25) is 4.79 Å². The van der Waals surface area contributed by atoms with E-state index in [-0.39, 0.29) is 6.61 Å². The lowest BCUT2D eigenvalue weighted by atomic mass is 10.4. The topological polar surface area (TPSA) is 43.4 Å². The molecular formula is C5H6F2O3. The van der Waals surface area contributed by atoms with Gasteiger partial charge in [-0.25, -0.2) is 13.6 Å². The molecule has 0 aromatic heterocycles. The van der Waals surface area contributed by atoms with Gasteiger partial charge in [0, 0.05) is 0 Å². The Balaban J connectivity index is 3.83. The molecule has 0 N–H and O–H groups in total. The van der Waals surface area contributed by atoms with Crippen LogP contribution in [-0.4, -0.2) is 24.8 Å². The number of halogens is 2. The third-order valence-corrected chi connectivity index (χ3v) is 0.675. The van der Waals surface area contributed by atoms with Gasteiger partial charge in [0.2, 0.25) is 0 Å². The highest BCUT2D eigenvalue weighted by Gasteiger charge is 2.25. The summed E-state index contributed by atoms with van der Waals surface area (Å²) >= 11 is 0. The number of carbonyl (C=O) groups excluding carboxylic acids is 2. The Hall–Kier alpha value is -1.00. The van der Waals surface area contributed by atoms with Gasteiger partial charge in [-0.1, -0.05) is 0 Å². The highest BCUT2D eigenvalue weighted by atomic mass is 19.3. The van der Waals surface area contributed by atoms with Crippen LogP contribution in [0.2, 0.25) is 0 Å². The molecule has 0 unspecified atom stereocenters. The summed E-state index contributed by atoms with van der Waals surface area (Å²) < 4.78 is 26.7. The molecule has 0 heterocycles. The first-order valence-electron chi connectivity index (χ1n) is 2.58. The van der Waals surface area contributed by atoms with Crippen LogP contribution < -0.4 is 0 Å². The zero-order valence-corrected chi connectivity index (χ0v) is 5.27. The van der Waals surface area contributed by atoms with Gasteiger partial charge in [-0.05, 0) is 6.92 Å². The summed E-state index contributed by atoms with van der Waals surface area (Å²) in [7, 11) is 0. The predicted octanol–water partition coefficient (Wildman–Crippen LogP) is 0.384. The van der Waals surface area contributed by atoms with Crippen LogP contribution in [-0.2, 0) is 14.3 Å². The quantitative estimate of drug-likeness (QED) is 0.433. The molecule has 0 radical (unpaired) electrons. The van der Waals surface area contributed by atoms with Crippen molar-refractivity contribution in [2.75, 3.05) is 6.61 Å². The Morgan fingerprint density at radius 3 is 2.30 bits per heavy atom. The Morgan fingerprint density at radius 1 is 1.50 bits per heavy atom. The predicted molar refractivity (Wildman–Crippen MR) is 27.6 cm³/mol. The number of ketones is 1. The van der Waals surface area contributed by atoms with Crippen molar-refractivity contribution in [3.8, 4) is 0 Å². The smallest absolute Gasteiger partial charge is 0.380 e. The van der Waals surface area contributed by atoms with E-state index in [4.69, 9.17) is 0 Å². The number of hydrogen-bond acceptors (Lipinski definition) is 3. The Labute approximate surface area is 56.0 Å². The van der Waals surface area contributed by atoms with Crippen LogP contribution in [0.15, 0.2) is 0 Å². The number of esters is 1. The molecular weight excluding hydrogens is 146 g/mol. The summed E-state index contributed by atoms with van der Waals surface area (Å²) in [6.45, 7) is 1.36. The van der Waals surface area contributed by atoms with Gasteiger partial charge in [0.15, 0.2) is 0 Å². The van der Waals surface area contributed by atoms with Gasteiger partial charge in [0.25, 0.3) is 0 Å². The molecule has 58 valence electrons. The maximum atomic E-state index is 11.4. The fraction of sp³-hybridized carbons (Fsp3) is 0.600. The zero-order chi connectivity index (χ0) is 8.15. The van der Waals surface area contributed by atoms with E-state index < -0.39 is 18.2 Å². The Morgan fingerprint density at radius 2 is 2.00 bits per heavy atom. The molecule has 0 aliphatic rings. The van der Waals surface area contributed by atoms with Crippen molar-refractivity contribution in [1.29, 1.82) is 0 Å². The number of hydrogen-bond donors (Lipinski definition) is 0. The summed E-state index contributed by atoms with van der Waals surface area (Å²) in [5.74, 6) is -3.26. The normalized spacial score (nSPS) is 9.60. The standard InChI is InChI=1S/C5H6F2O3/c1-2-10-5(9)3(8)4(6)7/h4H,2H2,1H3. The highest BCUT2D eigenvalue weighted by Crippen LogP contribution is 1.95. The maximum absolute atomic E-state index is 11.4. The van der Waals surface area contributed by atoms with E-state index in [2.05, 4.69) is 4.74 Å². The average molecular weight is 152 g/mol. The lowest BCUT2D eigenvalue weighted by Crippen LogP contribution is -2.23. The van der Waals surface area contributed by atoms with Crippen LogP contribution in [0.25, 0.3) is 0 Å². The molecule has 5 heteroatoms. The molecule has 0 aliphatic carbocycles. The largest absolute Gasteiger partial charge is 0.460 e. The van der Waals surface area contributed by atoms with Crippen molar-refractivity contribution in [3.05, 3.63) is 0 Å². The molecule has 0 spiro atoms. The van der Waals surface area contributed by atoms with Gasteiger partial charge in [0.05, 0.1) is 6.61 Å². The summed E-state index contributed by atoms with van der Waals surface area (Å²) in [4.78, 5) is 20.1. The van der Waals surface area contributed by atoms with E-state index in [1.54, 1.807) is 0 Å². The van der Waals surface area contributed by atoms with Crippen molar-refractivity contribution >= 4 is 11.8 Å². The van der Waals surface area contributed by atoms with Crippen molar-refractivity contribution < 1.29 is 23.1 Å². The van der Waals surface area contributed by atoms with E-state index in [0.29, 0.717) is 0 Å². The Bertz CT molecular complexity index is 144. The number of rotatable bonds is 3. The second-order valence-corrected chi connectivity index (χ2v) is 1.39. The molecule has 0 saturated carbocycles. The van der Waals surface area contributed by atoms with Crippen LogP contribution in [0.4, 0.5) is 8.78 Å². The van der Waals surface area contributed by atoms with E-state index >= 15 is 0 Å². The first kappa shape index (κ1) is 9.00. The second-order valence-electron chi connectivity index (χ2n) is 1.39. The summed E-state index contributed by atoms with van der Waals surface area (Å²) in [5.41, 5.74) is 0. The van der Waals surface area contributed by atoms with Crippen LogP contribution in [0.3, 0.4) is 0 Å². The molecule has 3 nitrogen and oxygen atoms in total. The number of alkyl halides is 2. The van der Waals surface area contributed by atoms with Crippen LogP contribution in [0.5, 0.6) is 0 Å². The molecule has 0 atom stereocenters. The first-order valence-corrected chi connectivity index (χ1v) is 2.58. The van der Waals surface area contributed by atoms with Crippen molar-refractivity contribution in [1.82, 2.24) is 0 Å². The van der Waals surface area contributed by atoms with Gasteiger partial charge < -0.3 is 4.74 Å². The number of ether oxygens (including phenoxy) is 1. The second kappa shape index (κ2) is 3.92. The summed E-state index contributed by atoms with van der Waals surface area (Å²) in [6, 6.07) is 0. The zero-order valence-electron chi connectivity index (χ0n) is 5.27. The fourth-order valence-corrected chi connectivity index (χ4v) is 0.291. The van der Waals surface area contributed by atoms with Crippen molar-refractivity contribution in [2.45, 2.75) is 13.3 Å². The summed E-state index contributed by atoms with van der Waals surface area (Å²) in [6.07, 6.45) is -3.26. The molecule has 0 aliphatic heterocycles. The van der Waals surface area contributed by atoms with E-state index in [1.807, 2.05) is 0 Å². The molecule has 0 fully saturated rings. The number of Topliss-reactive ketones (excluding diaryl/α,β-unsaturated/α-hetero) is 1. The SMILES string of the molecule is CCOC(=O)C(=O)C(F)F. The van der Waals surface area contributed by atoms with Crippen LogP contribution in [0.1, 0.15) is 6.92 Å². The monoisotopic (exact) mass is 152 g/mol. The van der Waals surface area contributed by atoms with Gasteiger partial charge in [-0.2, -0.15) is 0 Å². The third-order valence-electron chi connectivity index (χ3n) is 0.675. The molecule has 0 rings (SSSR count). The highest BCUT2D eigenvalue weighted by molar-refractivity contribution is 6.34. The lowest BCUT2D eigenvalue weighted by Gasteiger charge is -1.97. The maximum Gasteiger partial charge on any atom is 0.380 e. The van der Waals surface area contributed by atoms with E-state index in [9.17, 15) is 18.4 Å². The number of carbonyl (C=O) groups is 2. The minimum absolute atomic E-state index is 0.0721. The Kier molecular flexibility index (Phi) is 3.53. The minimum Gasteiger partial charge on any atom is -0.460 e. The van der Waals surface area contributed by atoms with Crippen molar-refractivity contribution in [3.63, 3.8) is 0 Å². The van der Waals surface area contributed by atoms with E-state index in [0.717, 1.165) is 0 Å². The van der Waals surface area contributed by atoms with Crippen molar-refractivity contribution in [2.24, 2.45) is 0 Å². The molecule has 10 heavy (non-hydrogen) atoms. The van der Waals surface area contributed by atoms with E-state index in [1.165, 1.54) is 6.92 Å². The van der Waals surface area contributed by atoms with Crippen LogP contribution in [0, 0.1) is 0 Å². The minimum atomic E-state index is -3.26. The van der Waals surface area contributed by atoms with Gasteiger partial charge in [-0.15, -0.1) is 0 Å². The first-order chi connectivity index (χ1) is 4.59. The third kappa shape index (κ3) is 2.52. The molecule has 0 saturated heterocycles. The average Bonchev–Trinajstić information content (AvgIpc) is 1.87. The molecule has 0 amide bonds. The van der Waals surface area contributed by atoms with Gasteiger partial charge in [0.1, 0.15) is 0 Å². The molecule has 0 aromatic carbocycles. The summed E-state index contributed by atoms with van der Waals surface area (Å²) in [5, 5.41) is 0. The van der Waals surface area contributed by atoms with Gasteiger partial charge >= 0.3 is 18.2 Å². The van der Waals surface area contributed by atoms with Crippen LogP contribution >= 0.6 is 0 Å². The lowest BCUT2D eigenvalue weighted by molar-refractivity contribution is -0.158. The molecule has 0 bridgehead atoms. The molecule has 0 aromatic rings. The fourth-order valence-electron chi connectivity index (χ4n) is 0.291.